The molecule has 1 aliphatic rings. The maximum Gasteiger partial charge on any atom is 0.242 e. The summed E-state index contributed by atoms with van der Waals surface area (Å²) in [4.78, 5) is 28.0. The maximum absolute atomic E-state index is 13.2. The van der Waals surface area contributed by atoms with Gasteiger partial charge in [0.1, 0.15) is 6.04 Å². The van der Waals surface area contributed by atoms with Crippen LogP contribution in [0.25, 0.3) is 0 Å². The zero-order valence-electron chi connectivity index (χ0n) is 19.2. The largest absolute Gasteiger partial charge is 0.352 e. The van der Waals surface area contributed by atoms with E-state index in [1.54, 1.807) is 4.90 Å². The molecule has 2 amide bonds. The molecule has 31 heavy (non-hydrogen) atoms. The molecule has 1 saturated carbocycles. The Hall–Kier alpha value is -2.62. The molecular weight excluding hydrogens is 384 g/mol. The predicted octanol–water partition coefficient (Wildman–Crippen LogP) is 5.10. The Morgan fingerprint density at radius 3 is 2.03 bits per heavy atom. The summed E-state index contributed by atoms with van der Waals surface area (Å²) in [5.74, 6) is -0.0184. The molecule has 3 rings (SSSR count). The smallest absolute Gasteiger partial charge is 0.242 e. The van der Waals surface area contributed by atoms with Gasteiger partial charge in [0, 0.05) is 19.0 Å². The zero-order valence-corrected chi connectivity index (χ0v) is 19.2. The lowest BCUT2D eigenvalue weighted by Gasteiger charge is -2.31. The third-order valence-electron chi connectivity index (χ3n) is 6.34. The zero-order chi connectivity index (χ0) is 22.2. The Morgan fingerprint density at radius 2 is 1.45 bits per heavy atom. The molecule has 0 heterocycles. The Balaban J connectivity index is 1.69. The van der Waals surface area contributed by atoms with E-state index in [1.807, 2.05) is 19.1 Å². The fourth-order valence-electron chi connectivity index (χ4n) is 4.19. The Morgan fingerprint density at radius 1 is 0.903 bits per heavy atom. The van der Waals surface area contributed by atoms with E-state index in [1.165, 1.54) is 30.4 Å². The molecule has 166 valence electrons. The van der Waals surface area contributed by atoms with Crippen molar-refractivity contribution in [2.45, 2.75) is 84.3 Å². The SMILES string of the molecule is Cc1ccc(CCC(=O)N(Cc2ccc(C)cc2)[C@@H](C)C(=O)NC2CCCCC2)cc1. The average Bonchev–Trinajstić information content (AvgIpc) is 2.78. The third-order valence-corrected chi connectivity index (χ3v) is 6.34. The molecule has 4 nitrogen and oxygen atoms in total. The van der Waals surface area contributed by atoms with E-state index in [2.05, 4.69) is 55.6 Å². The fraction of sp³-hybridized carbons (Fsp3) is 0.481. The second-order valence-electron chi connectivity index (χ2n) is 9.01. The minimum absolute atomic E-state index is 0.0208. The van der Waals surface area contributed by atoms with Crippen molar-refractivity contribution in [1.29, 1.82) is 0 Å². The van der Waals surface area contributed by atoms with Crippen LogP contribution in [0.15, 0.2) is 48.5 Å². The van der Waals surface area contributed by atoms with Crippen molar-refractivity contribution in [3.63, 3.8) is 0 Å². The molecule has 0 bridgehead atoms. The molecular formula is C27H36N2O2. The molecule has 0 radical (unpaired) electrons. The number of hydrogen-bond acceptors (Lipinski definition) is 2. The normalized spacial score (nSPS) is 15.3. The first kappa shape index (κ1) is 23.1. The maximum atomic E-state index is 13.2. The molecule has 0 unspecified atom stereocenters. The second kappa shape index (κ2) is 11.1. The van der Waals surface area contributed by atoms with Crippen molar-refractivity contribution in [2.24, 2.45) is 0 Å². The highest BCUT2D eigenvalue weighted by Gasteiger charge is 2.27. The minimum atomic E-state index is -0.492. The molecule has 1 aliphatic carbocycles. The van der Waals surface area contributed by atoms with Gasteiger partial charge in [0.2, 0.25) is 11.8 Å². The van der Waals surface area contributed by atoms with Crippen molar-refractivity contribution in [1.82, 2.24) is 10.2 Å². The van der Waals surface area contributed by atoms with Crippen LogP contribution < -0.4 is 5.32 Å². The Bertz CT molecular complexity index is 852. The van der Waals surface area contributed by atoms with Gasteiger partial charge >= 0.3 is 0 Å². The summed E-state index contributed by atoms with van der Waals surface area (Å²) in [6, 6.07) is 16.2. The molecule has 2 aromatic rings. The van der Waals surface area contributed by atoms with Gasteiger partial charge in [-0.3, -0.25) is 9.59 Å². The van der Waals surface area contributed by atoms with E-state index in [0.29, 0.717) is 19.4 Å². The van der Waals surface area contributed by atoms with Gasteiger partial charge in [0.15, 0.2) is 0 Å². The van der Waals surface area contributed by atoms with Crippen LogP contribution >= 0.6 is 0 Å². The van der Waals surface area contributed by atoms with Gasteiger partial charge in [-0.25, -0.2) is 0 Å². The van der Waals surface area contributed by atoms with E-state index in [-0.39, 0.29) is 17.9 Å². The summed E-state index contributed by atoms with van der Waals surface area (Å²) in [7, 11) is 0. The summed E-state index contributed by atoms with van der Waals surface area (Å²) in [5.41, 5.74) is 4.59. The summed E-state index contributed by atoms with van der Waals surface area (Å²) in [6.07, 6.45) is 6.74. The average molecular weight is 421 g/mol. The number of nitrogens with one attached hydrogen (secondary N) is 1. The van der Waals surface area contributed by atoms with Crippen molar-refractivity contribution in [3.05, 3.63) is 70.8 Å². The van der Waals surface area contributed by atoms with E-state index in [9.17, 15) is 9.59 Å². The van der Waals surface area contributed by atoms with Crippen LogP contribution in [0.2, 0.25) is 0 Å². The molecule has 0 spiro atoms. The van der Waals surface area contributed by atoms with Crippen LogP contribution in [0.3, 0.4) is 0 Å². The van der Waals surface area contributed by atoms with Crippen molar-refractivity contribution >= 4 is 11.8 Å². The van der Waals surface area contributed by atoms with Crippen molar-refractivity contribution < 1.29 is 9.59 Å². The molecule has 1 fully saturated rings. The van der Waals surface area contributed by atoms with Crippen LogP contribution in [-0.2, 0) is 22.6 Å². The first-order valence-corrected chi connectivity index (χ1v) is 11.6. The van der Waals surface area contributed by atoms with Crippen LogP contribution in [0.5, 0.6) is 0 Å². The monoisotopic (exact) mass is 420 g/mol. The second-order valence-corrected chi connectivity index (χ2v) is 9.01. The topological polar surface area (TPSA) is 49.4 Å². The quantitative estimate of drug-likeness (QED) is 0.646. The van der Waals surface area contributed by atoms with E-state index >= 15 is 0 Å². The van der Waals surface area contributed by atoms with Crippen molar-refractivity contribution in [2.75, 3.05) is 0 Å². The number of hydrogen-bond donors (Lipinski definition) is 1. The van der Waals surface area contributed by atoms with E-state index < -0.39 is 6.04 Å². The Labute approximate surface area is 187 Å². The van der Waals surface area contributed by atoms with Crippen LogP contribution in [-0.4, -0.2) is 28.8 Å². The number of carbonyl (C=O) groups excluding carboxylic acids is 2. The molecule has 0 aromatic heterocycles. The van der Waals surface area contributed by atoms with Crippen molar-refractivity contribution in [3.8, 4) is 0 Å². The lowest BCUT2D eigenvalue weighted by Crippen LogP contribution is -2.50. The molecule has 4 heteroatoms. The number of nitrogens with zero attached hydrogens (tertiary/aromatic N) is 1. The van der Waals surface area contributed by atoms with Gasteiger partial charge in [-0.05, 0) is 51.2 Å². The Kier molecular flexibility index (Phi) is 8.27. The third kappa shape index (κ3) is 6.95. The van der Waals surface area contributed by atoms with Crippen LogP contribution in [0.1, 0.15) is 67.7 Å². The molecule has 0 saturated heterocycles. The van der Waals surface area contributed by atoms with Gasteiger partial charge in [0.25, 0.3) is 0 Å². The molecule has 1 N–H and O–H groups in total. The summed E-state index contributed by atoms with van der Waals surface area (Å²) >= 11 is 0. The summed E-state index contributed by atoms with van der Waals surface area (Å²) in [6.45, 7) is 6.42. The number of benzene rings is 2. The lowest BCUT2D eigenvalue weighted by molar-refractivity contribution is -0.141. The van der Waals surface area contributed by atoms with Crippen LogP contribution in [0, 0.1) is 13.8 Å². The first-order valence-electron chi connectivity index (χ1n) is 11.6. The fourth-order valence-corrected chi connectivity index (χ4v) is 4.19. The summed E-state index contributed by atoms with van der Waals surface area (Å²) < 4.78 is 0. The van der Waals surface area contributed by atoms with Gasteiger partial charge in [-0.2, -0.15) is 0 Å². The lowest BCUT2D eigenvalue weighted by atomic mass is 9.95. The first-order chi connectivity index (χ1) is 14.9. The number of rotatable bonds is 8. The minimum Gasteiger partial charge on any atom is -0.352 e. The predicted molar refractivity (Wildman–Crippen MR) is 126 cm³/mol. The number of aryl methyl sites for hydroxylation is 3. The molecule has 1 atom stereocenters. The van der Waals surface area contributed by atoms with E-state index in [0.717, 1.165) is 24.0 Å². The molecule has 0 aliphatic heterocycles. The van der Waals surface area contributed by atoms with Gasteiger partial charge in [-0.1, -0.05) is 78.9 Å². The van der Waals surface area contributed by atoms with Gasteiger partial charge in [0.05, 0.1) is 0 Å². The van der Waals surface area contributed by atoms with E-state index in [4.69, 9.17) is 0 Å². The standard InChI is InChI=1S/C27H36N2O2/c1-20-9-13-23(14-10-20)17-18-26(30)29(19-24-15-11-21(2)12-16-24)22(3)27(31)28-25-7-5-4-6-8-25/h9-16,22,25H,4-8,17-19H2,1-3H3,(H,28,31)/t22-/m0/s1. The number of amides is 2. The van der Waals surface area contributed by atoms with Gasteiger partial charge in [-0.15, -0.1) is 0 Å². The highest BCUT2D eigenvalue weighted by Crippen LogP contribution is 2.19. The summed E-state index contributed by atoms with van der Waals surface area (Å²) in [5, 5.41) is 3.20. The van der Waals surface area contributed by atoms with Crippen LogP contribution in [0.4, 0.5) is 0 Å². The molecule has 2 aromatic carbocycles. The van der Waals surface area contributed by atoms with Gasteiger partial charge < -0.3 is 10.2 Å². The number of carbonyl (C=O) groups is 2. The highest BCUT2D eigenvalue weighted by molar-refractivity contribution is 5.87. The highest BCUT2D eigenvalue weighted by atomic mass is 16.2.